The number of aliphatic hydroxyl groups is 1. The van der Waals surface area contributed by atoms with Crippen LogP contribution in [0.25, 0.3) is 21.9 Å². The number of aromatic nitrogens is 4. The molecule has 1 atom stereocenters. The van der Waals surface area contributed by atoms with E-state index in [-0.39, 0.29) is 12.5 Å². The van der Waals surface area contributed by atoms with E-state index in [4.69, 9.17) is 4.74 Å². The lowest BCUT2D eigenvalue weighted by Crippen LogP contribution is -2.54. The lowest BCUT2D eigenvalue weighted by atomic mass is 9.91. The number of pyridine rings is 2. The fraction of sp³-hybridized carbons (Fsp3) is 0.407. The highest BCUT2D eigenvalue weighted by atomic mass is 16.5. The van der Waals surface area contributed by atoms with Crippen molar-refractivity contribution in [3.05, 3.63) is 60.3 Å². The van der Waals surface area contributed by atoms with E-state index in [9.17, 15) is 9.90 Å². The van der Waals surface area contributed by atoms with Crippen molar-refractivity contribution in [2.75, 3.05) is 45.3 Å². The van der Waals surface area contributed by atoms with Crippen LogP contribution in [0, 0.1) is 6.92 Å². The van der Waals surface area contributed by atoms with Crippen LogP contribution in [0.15, 0.2) is 49.1 Å². The summed E-state index contributed by atoms with van der Waals surface area (Å²) in [5, 5.41) is 12.5. The van der Waals surface area contributed by atoms with E-state index in [1.807, 2.05) is 48.0 Å². The Morgan fingerprint density at radius 2 is 2.11 bits per heavy atom. The second-order valence-electron chi connectivity index (χ2n) is 9.72. The van der Waals surface area contributed by atoms with Crippen LogP contribution in [-0.2, 0) is 11.3 Å². The van der Waals surface area contributed by atoms with Gasteiger partial charge < -0.3 is 24.2 Å². The molecule has 0 bridgehead atoms. The van der Waals surface area contributed by atoms with Crippen LogP contribution in [0.3, 0.4) is 0 Å². The molecule has 1 saturated heterocycles. The van der Waals surface area contributed by atoms with E-state index >= 15 is 0 Å². The molecule has 9 heteroatoms. The summed E-state index contributed by atoms with van der Waals surface area (Å²) < 4.78 is 7.17. The Morgan fingerprint density at radius 1 is 1.25 bits per heavy atom. The summed E-state index contributed by atoms with van der Waals surface area (Å²) in [6.45, 7) is 4.77. The van der Waals surface area contributed by atoms with Crippen LogP contribution in [0.1, 0.15) is 28.9 Å². The number of rotatable bonds is 7. The van der Waals surface area contributed by atoms with Gasteiger partial charge in [0.25, 0.3) is 5.91 Å². The molecular weight excluding hydrogens is 456 g/mol. The molecule has 0 saturated carbocycles. The Bertz CT molecular complexity index is 1400. The number of imidazole rings is 1. The number of anilines is 1. The molecule has 0 spiro atoms. The Kier molecular flexibility index (Phi) is 6.59. The van der Waals surface area contributed by atoms with Gasteiger partial charge in [0.15, 0.2) is 0 Å². The Hall–Kier alpha value is -3.56. The van der Waals surface area contributed by atoms with Crippen molar-refractivity contribution in [1.82, 2.24) is 24.4 Å². The first kappa shape index (κ1) is 24.1. The average Bonchev–Trinajstić information content (AvgIpc) is 3.28. The lowest BCUT2D eigenvalue weighted by Gasteiger charge is -2.42. The zero-order valence-corrected chi connectivity index (χ0v) is 21.0. The van der Waals surface area contributed by atoms with Gasteiger partial charge in [-0.25, -0.2) is 4.98 Å². The van der Waals surface area contributed by atoms with Crippen molar-refractivity contribution in [3.8, 4) is 0 Å². The smallest absolute Gasteiger partial charge is 0.253 e. The second kappa shape index (κ2) is 9.83. The maximum Gasteiger partial charge on any atom is 0.253 e. The van der Waals surface area contributed by atoms with E-state index in [0.717, 1.165) is 46.3 Å². The fourth-order valence-electron chi connectivity index (χ4n) is 5.19. The predicted octanol–water partition coefficient (Wildman–Crippen LogP) is 3.04. The number of amides is 1. The Labute approximate surface area is 210 Å². The molecular formula is C27H32N6O3. The van der Waals surface area contributed by atoms with Gasteiger partial charge in [0.05, 0.1) is 41.6 Å². The third-order valence-corrected chi connectivity index (χ3v) is 6.89. The highest BCUT2D eigenvalue weighted by Crippen LogP contribution is 2.32. The minimum Gasteiger partial charge on any atom is -0.386 e. The average molecular weight is 489 g/mol. The molecule has 0 radical (unpaired) electrons. The maximum absolute atomic E-state index is 13.3. The normalized spacial score (nSPS) is 18.2. The summed E-state index contributed by atoms with van der Waals surface area (Å²) in [7, 11) is 3.42. The number of carbonyl (C=O) groups excluding carboxylic acids is 1. The van der Waals surface area contributed by atoms with E-state index in [0.29, 0.717) is 31.7 Å². The molecule has 36 heavy (non-hydrogen) atoms. The van der Waals surface area contributed by atoms with Crippen LogP contribution in [0.4, 0.5) is 5.69 Å². The topological polar surface area (TPSA) is 96.6 Å². The summed E-state index contributed by atoms with van der Waals surface area (Å²) in [5.41, 5.74) is 4.09. The van der Waals surface area contributed by atoms with Crippen molar-refractivity contribution in [2.24, 2.45) is 0 Å². The predicted molar refractivity (Wildman–Crippen MR) is 139 cm³/mol. The van der Waals surface area contributed by atoms with E-state index < -0.39 is 5.60 Å². The number of aryl methyl sites for hydroxylation is 1. The molecule has 0 unspecified atom stereocenters. The van der Waals surface area contributed by atoms with Crippen LogP contribution >= 0.6 is 0 Å². The molecule has 1 aliphatic rings. The summed E-state index contributed by atoms with van der Waals surface area (Å²) in [5.74, 6) is -0.136. The number of nitrogens with zero attached hydrogens (tertiary/aromatic N) is 6. The van der Waals surface area contributed by atoms with Crippen LogP contribution in [0.5, 0.6) is 0 Å². The van der Waals surface area contributed by atoms with Crippen LogP contribution in [0.2, 0.25) is 0 Å². The molecule has 1 aromatic carbocycles. The van der Waals surface area contributed by atoms with Crippen molar-refractivity contribution in [3.63, 3.8) is 0 Å². The van der Waals surface area contributed by atoms with Crippen molar-refractivity contribution in [1.29, 1.82) is 0 Å². The molecule has 1 fully saturated rings. The molecule has 0 aliphatic carbocycles. The quantitative estimate of drug-likeness (QED) is 0.427. The highest BCUT2D eigenvalue weighted by molar-refractivity contribution is 5.97. The fourth-order valence-corrected chi connectivity index (χ4v) is 5.19. The molecule has 1 amide bonds. The van der Waals surface area contributed by atoms with Gasteiger partial charge in [-0.05, 0) is 50.1 Å². The summed E-state index contributed by atoms with van der Waals surface area (Å²) in [6.07, 6.45) is 6.79. The molecule has 1 aliphatic heterocycles. The number of carbonyl (C=O) groups is 1. The first-order valence-electron chi connectivity index (χ1n) is 12.2. The van der Waals surface area contributed by atoms with E-state index in [1.165, 1.54) is 0 Å². The minimum atomic E-state index is -1.03. The number of ether oxygens (including phenoxy) is 1. The lowest BCUT2D eigenvalue weighted by molar-refractivity contribution is 0.0000702. The van der Waals surface area contributed by atoms with E-state index in [1.54, 1.807) is 31.6 Å². The van der Waals surface area contributed by atoms with Gasteiger partial charge in [-0.1, -0.05) is 0 Å². The van der Waals surface area contributed by atoms with E-state index in [2.05, 4.69) is 19.9 Å². The van der Waals surface area contributed by atoms with Gasteiger partial charge >= 0.3 is 0 Å². The van der Waals surface area contributed by atoms with Gasteiger partial charge in [-0.3, -0.25) is 14.8 Å². The monoisotopic (exact) mass is 488 g/mol. The molecule has 188 valence electrons. The van der Waals surface area contributed by atoms with Gasteiger partial charge in [-0.15, -0.1) is 0 Å². The number of piperidine rings is 1. The van der Waals surface area contributed by atoms with Crippen molar-refractivity contribution < 1.29 is 14.6 Å². The third-order valence-electron chi connectivity index (χ3n) is 6.89. The number of hydrogen-bond acceptors (Lipinski definition) is 7. The SMILES string of the molecule is COCCn1cnc2cc(C(=O)N(C)C[C@@]3(O)CCCN(c4cc(C)nc5ccncc45)C3)ccc21. The summed E-state index contributed by atoms with van der Waals surface area (Å²) in [6, 6.07) is 9.51. The van der Waals surface area contributed by atoms with Crippen molar-refractivity contribution in [2.45, 2.75) is 31.9 Å². The molecule has 4 heterocycles. The molecule has 4 aromatic rings. The largest absolute Gasteiger partial charge is 0.386 e. The zero-order chi connectivity index (χ0) is 25.3. The van der Waals surface area contributed by atoms with Gasteiger partial charge in [-0.2, -0.15) is 0 Å². The highest BCUT2D eigenvalue weighted by Gasteiger charge is 2.36. The molecule has 5 rings (SSSR count). The number of β-amino-alcohol motifs (C(OH)–C–C–N with tert-alkyl or cyclic N) is 1. The van der Waals surface area contributed by atoms with Crippen LogP contribution in [-0.4, -0.2) is 81.4 Å². The van der Waals surface area contributed by atoms with Crippen LogP contribution < -0.4 is 4.90 Å². The van der Waals surface area contributed by atoms with Gasteiger partial charge in [0.2, 0.25) is 0 Å². The Balaban J connectivity index is 1.32. The molecule has 9 nitrogen and oxygen atoms in total. The zero-order valence-electron chi connectivity index (χ0n) is 21.0. The number of methoxy groups -OCH3 is 1. The Morgan fingerprint density at radius 3 is 2.94 bits per heavy atom. The first-order chi connectivity index (χ1) is 17.4. The molecule has 1 N–H and O–H groups in total. The van der Waals surface area contributed by atoms with Gasteiger partial charge in [0.1, 0.15) is 0 Å². The standard InChI is InChI=1S/C27H32N6O3/c1-19-13-25(21-15-28-9-7-22(21)30-19)32-10-4-8-27(35,17-32)16-31(2)26(34)20-5-6-24-23(14-20)29-18-33(24)11-12-36-3/h5-7,9,13-15,18,35H,4,8,10-12,16-17H2,1-3H3/t27-/m0/s1. The maximum atomic E-state index is 13.3. The molecule has 3 aromatic heterocycles. The third kappa shape index (κ3) is 4.76. The summed E-state index contributed by atoms with van der Waals surface area (Å²) in [4.78, 5) is 30.4. The second-order valence-corrected chi connectivity index (χ2v) is 9.72. The number of hydrogen-bond donors (Lipinski definition) is 1. The minimum absolute atomic E-state index is 0.136. The first-order valence-corrected chi connectivity index (χ1v) is 12.2. The summed E-state index contributed by atoms with van der Waals surface area (Å²) >= 11 is 0. The van der Waals surface area contributed by atoms with Gasteiger partial charge in [0, 0.05) is 68.5 Å². The number of likely N-dealkylation sites (N-methyl/N-ethyl adjacent to an activating group) is 1. The number of benzene rings is 1. The number of fused-ring (bicyclic) bond motifs is 2. The van der Waals surface area contributed by atoms with Crippen molar-refractivity contribution >= 4 is 33.5 Å².